The first-order chi connectivity index (χ1) is 10.6. The van der Waals surface area contributed by atoms with Gasteiger partial charge in [0.15, 0.2) is 5.43 Å². The number of esters is 1. The van der Waals surface area contributed by atoms with Crippen LogP contribution in [0.15, 0.2) is 35.1 Å². The third kappa shape index (κ3) is 2.10. The monoisotopic (exact) mass is 317 g/mol. The lowest BCUT2D eigenvalue weighted by molar-refractivity contribution is 0.0603. The quantitative estimate of drug-likeness (QED) is 0.582. The van der Waals surface area contributed by atoms with Crippen LogP contribution in [0.1, 0.15) is 10.4 Å². The van der Waals surface area contributed by atoms with Crippen LogP contribution in [0.3, 0.4) is 0 Å². The summed E-state index contributed by atoms with van der Waals surface area (Å²) in [5, 5.41) is 0.967. The zero-order valence-electron chi connectivity index (χ0n) is 11.9. The van der Waals surface area contributed by atoms with Crippen molar-refractivity contribution in [3.63, 3.8) is 0 Å². The Morgan fingerprint density at radius 2 is 1.95 bits per heavy atom. The zero-order valence-corrected chi connectivity index (χ0v) is 12.7. The van der Waals surface area contributed by atoms with Gasteiger partial charge in [0.2, 0.25) is 0 Å². The number of aromatic amines is 1. The first kappa shape index (κ1) is 14.4. The highest BCUT2D eigenvalue weighted by molar-refractivity contribution is 6.36. The number of pyridine rings is 1. The molecule has 0 radical (unpaired) electrons. The normalized spacial score (nSPS) is 10.9. The fourth-order valence-corrected chi connectivity index (χ4v) is 2.67. The zero-order chi connectivity index (χ0) is 15.9. The molecule has 0 bridgehead atoms. The summed E-state index contributed by atoms with van der Waals surface area (Å²) in [4.78, 5) is 27.7. The molecule has 0 saturated heterocycles. The van der Waals surface area contributed by atoms with E-state index in [1.165, 1.54) is 26.4 Å². The van der Waals surface area contributed by atoms with Crippen LogP contribution in [0, 0.1) is 0 Å². The van der Waals surface area contributed by atoms with Gasteiger partial charge in [0.25, 0.3) is 0 Å². The Morgan fingerprint density at radius 1 is 1.18 bits per heavy atom. The van der Waals surface area contributed by atoms with Crippen molar-refractivity contribution in [2.45, 2.75) is 0 Å². The smallest absolute Gasteiger partial charge is 0.340 e. The van der Waals surface area contributed by atoms with Crippen LogP contribution in [0.5, 0.6) is 5.75 Å². The molecule has 3 rings (SSSR count). The van der Waals surface area contributed by atoms with E-state index >= 15 is 0 Å². The minimum atomic E-state index is -0.537. The molecule has 0 saturated carbocycles. The largest absolute Gasteiger partial charge is 0.497 e. The number of carbonyl (C=O) groups excluding carboxylic acids is 1. The van der Waals surface area contributed by atoms with Crippen LogP contribution in [0.25, 0.3) is 21.8 Å². The molecule has 2 aromatic carbocycles. The second kappa shape index (κ2) is 5.35. The fourth-order valence-electron chi connectivity index (χ4n) is 2.43. The Balaban J connectivity index is 2.50. The van der Waals surface area contributed by atoms with E-state index in [-0.39, 0.29) is 21.4 Å². The maximum atomic E-state index is 12.7. The number of hydrogen-bond donors (Lipinski definition) is 1. The summed E-state index contributed by atoms with van der Waals surface area (Å²) in [5.41, 5.74) is 0.947. The maximum Gasteiger partial charge on any atom is 0.340 e. The average molecular weight is 318 g/mol. The molecule has 1 aromatic heterocycles. The maximum absolute atomic E-state index is 12.7. The van der Waals surface area contributed by atoms with Gasteiger partial charge in [-0.05, 0) is 30.3 Å². The molecule has 0 aliphatic rings. The van der Waals surface area contributed by atoms with Crippen molar-refractivity contribution in [2.75, 3.05) is 14.2 Å². The molecule has 112 valence electrons. The Morgan fingerprint density at radius 3 is 2.64 bits per heavy atom. The van der Waals surface area contributed by atoms with E-state index in [0.29, 0.717) is 22.2 Å². The van der Waals surface area contributed by atoms with Crippen molar-refractivity contribution in [1.82, 2.24) is 4.98 Å². The van der Waals surface area contributed by atoms with Gasteiger partial charge in [-0.1, -0.05) is 11.6 Å². The van der Waals surface area contributed by atoms with Crippen LogP contribution in [0.4, 0.5) is 0 Å². The van der Waals surface area contributed by atoms with Gasteiger partial charge in [-0.25, -0.2) is 4.79 Å². The van der Waals surface area contributed by atoms with Crippen LogP contribution >= 0.6 is 11.6 Å². The van der Waals surface area contributed by atoms with Crippen molar-refractivity contribution >= 4 is 39.4 Å². The van der Waals surface area contributed by atoms with Crippen LogP contribution in [-0.2, 0) is 4.74 Å². The van der Waals surface area contributed by atoms with Crippen molar-refractivity contribution in [3.05, 3.63) is 51.1 Å². The van der Waals surface area contributed by atoms with Gasteiger partial charge in [-0.15, -0.1) is 0 Å². The van der Waals surface area contributed by atoms with Crippen LogP contribution < -0.4 is 10.2 Å². The first-order valence-electron chi connectivity index (χ1n) is 6.47. The number of aromatic nitrogens is 1. The molecule has 6 heteroatoms. The second-order valence-corrected chi connectivity index (χ2v) is 5.11. The molecule has 0 atom stereocenters. The van der Waals surface area contributed by atoms with E-state index in [4.69, 9.17) is 21.1 Å². The van der Waals surface area contributed by atoms with E-state index in [0.717, 1.165) is 0 Å². The summed E-state index contributed by atoms with van der Waals surface area (Å²) >= 11 is 6.15. The highest BCUT2D eigenvalue weighted by atomic mass is 35.5. The Labute approximate surface area is 130 Å². The molecule has 0 fully saturated rings. The van der Waals surface area contributed by atoms with E-state index in [1.54, 1.807) is 18.2 Å². The van der Waals surface area contributed by atoms with Gasteiger partial charge in [0.1, 0.15) is 5.75 Å². The number of methoxy groups -OCH3 is 2. The molecule has 0 aliphatic heterocycles. The SMILES string of the molecule is COC(=O)c1ccc(Cl)c2c(=O)c3cc(OC)ccc3[nH]c12. The predicted molar refractivity (Wildman–Crippen MR) is 85.0 cm³/mol. The lowest BCUT2D eigenvalue weighted by Crippen LogP contribution is -2.10. The summed E-state index contributed by atoms with van der Waals surface area (Å²) in [5.74, 6) is 0.0303. The summed E-state index contributed by atoms with van der Waals surface area (Å²) < 4.78 is 9.89. The number of hydrogen-bond acceptors (Lipinski definition) is 4. The van der Waals surface area contributed by atoms with Crippen molar-refractivity contribution < 1.29 is 14.3 Å². The highest BCUT2D eigenvalue weighted by Crippen LogP contribution is 2.26. The molecule has 0 aliphatic carbocycles. The number of fused-ring (bicyclic) bond motifs is 2. The molecule has 3 aromatic rings. The molecule has 1 N–H and O–H groups in total. The van der Waals surface area contributed by atoms with Gasteiger partial charge in [0.05, 0.1) is 41.2 Å². The van der Waals surface area contributed by atoms with Crippen molar-refractivity contribution in [1.29, 1.82) is 0 Å². The minimum absolute atomic E-state index is 0.255. The summed E-state index contributed by atoms with van der Waals surface area (Å²) in [6.07, 6.45) is 0. The van der Waals surface area contributed by atoms with Gasteiger partial charge in [0, 0.05) is 5.39 Å². The highest BCUT2D eigenvalue weighted by Gasteiger charge is 2.17. The molecular weight excluding hydrogens is 306 g/mol. The Kier molecular flexibility index (Phi) is 3.50. The Bertz CT molecular complexity index is 962. The lowest BCUT2D eigenvalue weighted by Gasteiger charge is -2.09. The fraction of sp³-hybridized carbons (Fsp3) is 0.125. The van der Waals surface area contributed by atoms with E-state index in [2.05, 4.69) is 4.98 Å². The Hall–Kier alpha value is -2.53. The first-order valence-corrected chi connectivity index (χ1v) is 6.85. The molecule has 5 nitrogen and oxygen atoms in total. The van der Waals surface area contributed by atoms with Gasteiger partial charge < -0.3 is 14.5 Å². The number of carbonyl (C=O) groups is 1. The molecule has 22 heavy (non-hydrogen) atoms. The predicted octanol–water partition coefficient (Wildman–Crippen LogP) is 3.13. The molecular formula is C16H12ClNO4. The summed E-state index contributed by atoms with van der Waals surface area (Å²) in [7, 11) is 2.81. The molecule has 0 amide bonds. The average Bonchev–Trinajstić information content (AvgIpc) is 2.54. The molecule has 1 heterocycles. The molecule has 0 unspecified atom stereocenters. The van der Waals surface area contributed by atoms with E-state index in [1.807, 2.05) is 0 Å². The standard InChI is InChI=1S/C16H12ClNO4/c1-21-8-3-6-12-10(7-8)15(19)13-11(17)5-4-9(14(13)18-12)16(20)22-2/h3-7H,1-2H3,(H,18,19). The number of ether oxygens (including phenoxy) is 2. The van der Waals surface area contributed by atoms with Crippen LogP contribution in [-0.4, -0.2) is 25.2 Å². The number of H-pyrrole nitrogens is 1. The third-order valence-electron chi connectivity index (χ3n) is 3.52. The third-order valence-corrected chi connectivity index (χ3v) is 3.83. The van der Waals surface area contributed by atoms with E-state index < -0.39 is 5.97 Å². The van der Waals surface area contributed by atoms with Gasteiger partial charge in [-0.2, -0.15) is 0 Å². The van der Waals surface area contributed by atoms with Crippen molar-refractivity contribution in [3.8, 4) is 5.75 Å². The topological polar surface area (TPSA) is 68.4 Å². The summed E-state index contributed by atoms with van der Waals surface area (Å²) in [6, 6.07) is 8.12. The van der Waals surface area contributed by atoms with E-state index in [9.17, 15) is 9.59 Å². The van der Waals surface area contributed by atoms with Crippen molar-refractivity contribution in [2.24, 2.45) is 0 Å². The number of halogens is 1. The number of rotatable bonds is 2. The number of benzene rings is 2. The minimum Gasteiger partial charge on any atom is -0.497 e. The lowest BCUT2D eigenvalue weighted by atomic mass is 10.1. The summed E-state index contributed by atoms with van der Waals surface area (Å²) in [6.45, 7) is 0. The number of nitrogens with one attached hydrogen (secondary N) is 1. The van der Waals surface area contributed by atoms with Gasteiger partial charge in [-0.3, -0.25) is 4.79 Å². The molecule has 0 spiro atoms. The van der Waals surface area contributed by atoms with Gasteiger partial charge >= 0.3 is 5.97 Å². The second-order valence-electron chi connectivity index (χ2n) is 4.70. The van der Waals surface area contributed by atoms with Crippen LogP contribution in [0.2, 0.25) is 5.02 Å².